The van der Waals surface area contributed by atoms with Gasteiger partial charge >= 0.3 is 5.97 Å². The molecule has 6 heteroatoms. The highest BCUT2D eigenvalue weighted by Crippen LogP contribution is 2.25. The van der Waals surface area contributed by atoms with E-state index in [-0.39, 0.29) is 30.6 Å². The number of rotatable bonds is 4. The first-order valence-electron chi connectivity index (χ1n) is 4.90. The zero-order valence-electron chi connectivity index (χ0n) is 9.28. The van der Waals surface area contributed by atoms with Crippen LogP contribution < -0.4 is 5.73 Å². The van der Waals surface area contributed by atoms with Gasteiger partial charge in [-0.2, -0.15) is 0 Å². The van der Waals surface area contributed by atoms with Gasteiger partial charge in [0.05, 0.1) is 13.0 Å². The van der Waals surface area contributed by atoms with Crippen molar-refractivity contribution in [3.05, 3.63) is 34.1 Å². The summed E-state index contributed by atoms with van der Waals surface area (Å²) in [6.07, 6.45) is 0.0814. The molecule has 0 bridgehead atoms. The number of esters is 1. The number of nitrogens with two attached hydrogens (primary N) is 1. The van der Waals surface area contributed by atoms with Gasteiger partial charge in [0.25, 0.3) is 0 Å². The summed E-state index contributed by atoms with van der Waals surface area (Å²) in [4.78, 5) is 11.2. The molecule has 3 nitrogen and oxygen atoms in total. The smallest absolute Gasteiger partial charge is 0.307 e. The third-order valence-electron chi connectivity index (χ3n) is 2.05. The van der Waals surface area contributed by atoms with Crippen molar-refractivity contribution in [1.29, 1.82) is 0 Å². The first-order chi connectivity index (χ1) is 7.54. The summed E-state index contributed by atoms with van der Waals surface area (Å²) in [5.74, 6) is -0.704. The van der Waals surface area contributed by atoms with E-state index >= 15 is 0 Å². The van der Waals surface area contributed by atoms with Crippen molar-refractivity contribution < 1.29 is 13.9 Å². The van der Waals surface area contributed by atoms with Gasteiger partial charge in [-0.15, -0.1) is 12.4 Å². The van der Waals surface area contributed by atoms with Crippen molar-refractivity contribution in [3.8, 4) is 0 Å². The van der Waals surface area contributed by atoms with Crippen LogP contribution in [0.1, 0.15) is 24.9 Å². The van der Waals surface area contributed by atoms with Gasteiger partial charge in [-0.1, -0.05) is 22.0 Å². The lowest BCUT2D eigenvalue weighted by atomic mass is 10.1. The fourth-order valence-electron chi connectivity index (χ4n) is 1.31. The quantitative estimate of drug-likeness (QED) is 0.866. The maximum absolute atomic E-state index is 12.8. The topological polar surface area (TPSA) is 52.3 Å². The molecule has 0 radical (unpaired) electrons. The molecule has 0 aromatic heterocycles. The molecular weight excluding hydrogens is 312 g/mol. The van der Waals surface area contributed by atoms with E-state index < -0.39 is 6.04 Å². The molecule has 17 heavy (non-hydrogen) atoms. The molecule has 1 unspecified atom stereocenters. The number of benzene rings is 1. The zero-order valence-corrected chi connectivity index (χ0v) is 11.7. The van der Waals surface area contributed by atoms with Crippen LogP contribution in [0.5, 0.6) is 0 Å². The minimum atomic E-state index is -0.492. The molecule has 0 aliphatic carbocycles. The third-order valence-corrected chi connectivity index (χ3v) is 2.74. The summed E-state index contributed by atoms with van der Waals surface area (Å²) in [5, 5.41) is 0. The molecule has 0 spiro atoms. The highest BCUT2D eigenvalue weighted by Gasteiger charge is 2.15. The van der Waals surface area contributed by atoms with Gasteiger partial charge in [0, 0.05) is 10.5 Å². The molecule has 1 atom stereocenters. The van der Waals surface area contributed by atoms with Crippen LogP contribution in [0.3, 0.4) is 0 Å². The average Bonchev–Trinajstić information content (AvgIpc) is 2.17. The van der Waals surface area contributed by atoms with E-state index in [4.69, 9.17) is 10.5 Å². The van der Waals surface area contributed by atoms with Gasteiger partial charge in [-0.3, -0.25) is 4.79 Å². The average molecular weight is 327 g/mol. The van der Waals surface area contributed by atoms with Crippen LogP contribution in [-0.2, 0) is 9.53 Å². The molecule has 0 saturated carbocycles. The molecule has 0 heterocycles. The normalized spacial score (nSPS) is 11.5. The molecule has 1 rings (SSSR count). The van der Waals surface area contributed by atoms with Crippen molar-refractivity contribution >= 4 is 34.3 Å². The Balaban J connectivity index is 0.00000256. The molecular formula is C11H14BrClFNO2. The molecule has 0 saturated heterocycles. The fourth-order valence-corrected chi connectivity index (χ4v) is 1.96. The molecule has 96 valence electrons. The van der Waals surface area contributed by atoms with Crippen LogP contribution in [0, 0.1) is 5.82 Å². The zero-order chi connectivity index (χ0) is 12.1. The van der Waals surface area contributed by atoms with Gasteiger partial charge in [0.15, 0.2) is 0 Å². The molecule has 1 aromatic carbocycles. The van der Waals surface area contributed by atoms with Gasteiger partial charge in [0.1, 0.15) is 5.82 Å². The molecule has 0 amide bonds. The van der Waals surface area contributed by atoms with Crippen LogP contribution in [-0.4, -0.2) is 12.6 Å². The lowest BCUT2D eigenvalue weighted by Gasteiger charge is -2.12. The van der Waals surface area contributed by atoms with Crippen LogP contribution in [0.2, 0.25) is 0 Å². The number of carbonyl (C=O) groups excluding carboxylic acids is 1. The number of carbonyl (C=O) groups is 1. The van der Waals surface area contributed by atoms with E-state index in [9.17, 15) is 9.18 Å². The SMILES string of the molecule is CCOC(=O)CC(N)c1ccc(F)cc1Br.Cl. The highest BCUT2D eigenvalue weighted by atomic mass is 79.9. The van der Waals surface area contributed by atoms with Crippen molar-refractivity contribution in [3.63, 3.8) is 0 Å². The van der Waals surface area contributed by atoms with E-state index in [1.807, 2.05) is 0 Å². The summed E-state index contributed by atoms with van der Waals surface area (Å²) in [7, 11) is 0. The lowest BCUT2D eigenvalue weighted by molar-refractivity contribution is -0.143. The van der Waals surface area contributed by atoms with Crippen LogP contribution in [0.25, 0.3) is 0 Å². The van der Waals surface area contributed by atoms with E-state index in [1.54, 1.807) is 13.0 Å². The molecule has 0 aliphatic rings. The Labute approximate surface area is 114 Å². The molecule has 1 aromatic rings. The second-order valence-corrected chi connectivity index (χ2v) is 4.14. The Morgan fingerprint density at radius 3 is 2.76 bits per heavy atom. The van der Waals surface area contributed by atoms with Crippen molar-refractivity contribution in [2.75, 3.05) is 6.61 Å². The minimum absolute atomic E-state index is 0. The Morgan fingerprint density at radius 2 is 2.24 bits per heavy atom. The number of halogens is 3. The Kier molecular flexibility index (Phi) is 7.34. The number of ether oxygens (including phenoxy) is 1. The second kappa shape index (κ2) is 7.63. The summed E-state index contributed by atoms with van der Waals surface area (Å²) in [6.45, 7) is 2.06. The minimum Gasteiger partial charge on any atom is -0.466 e. The summed E-state index contributed by atoms with van der Waals surface area (Å²) < 4.78 is 18.2. The van der Waals surface area contributed by atoms with Crippen molar-refractivity contribution in [2.24, 2.45) is 5.73 Å². The van der Waals surface area contributed by atoms with Gasteiger partial charge < -0.3 is 10.5 Å². The van der Waals surface area contributed by atoms with E-state index in [1.165, 1.54) is 12.1 Å². The fraction of sp³-hybridized carbons (Fsp3) is 0.364. The van der Waals surface area contributed by atoms with Crippen LogP contribution >= 0.6 is 28.3 Å². The Morgan fingerprint density at radius 1 is 1.59 bits per heavy atom. The van der Waals surface area contributed by atoms with E-state index in [0.717, 1.165) is 0 Å². The van der Waals surface area contributed by atoms with E-state index in [2.05, 4.69) is 15.9 Å². The standard InChI is InChI=1S/C11H13BrFNO2.ClH/c1-2-16-11(15)6-10(14)8-4-3-7(13)5-9(8)12;/h3-5,10H,2,6,14H2,1H3;1H. The first-order valence-corrected chi connectivity index (χ1v) is 5.70. The van der Waals surface area contributed by atoms with Gasteiger partial charge in [0.2, 0.25) is 0 Å². The second-order valence-electron chi connectivity index (χ2n) is 3.28. The number of hydrogen-bond acceptors (Lipinski definition) is 3. The highest BCUT2D eigenvalue weighted by molar-refractivity contribution is 9.10. The molecule has 0 fully saturated rings. The largest absolute Gasteiger partial charge is 0.466 e. The summed E-state index contributed by atoms with van der Waals surface area (Å²) >= 11 is 3.20. The monoisotopic (exact) mass is 325 g/mol. The van der Waals surface area contributed by atoms with Crippen molar-refractivity contribution in [2.45, 2.75) is 19.4 Å². The maximum atomic E-state index is 12.8. The predicted molar refractivity (Wildman–Crippen MR) is 69.5 cm³/mol. The first kappa shape index (κ1) is 16.4. The Hall–Kier alpha value is -0.650. The van der Waals surface area contributed by atoms with Gasteiger partial charge in [-0.25, -0.2) is 4.39 Å². The van der Waals surface area contributed by atoms with Crippen LogP contribution in [0.4, 0.5) is 4.39 Å². The summed E-state index contributed by atoms with van der Waals surface area (Å²) in [6, 6.07) is 3.70. The van der Waals surface area contributed by atoms with Crippen LogP contribution in [0.15, 0.2) is 22.7 Å². The van der Waals surface area contributed by atoms with E-state index in [0.29, 0.717) is 16.6 Å². The number of hydrogen-bond donors (Lipinski definition) is 1. The predicted octanol–water partition coefficient (Wildman–Crippen LogP) is 2.96. The van der Waals surface area contributed by atoms with Crippen molar-refractivity contribution in [1.82, 2.24) is 0 Å². The Bertz CT molecular complexity index is 390. The third kappa shape index (κ3) is 5.02. The lowest BCUT2D eigenvalue weighted by Crippen LogP contribution is -2.17. The molecule has 2 N–H and O–H groups in total. The maximum Gasteiger partial charge on any atom is 0.307 e. The van der Waals surface area contributed by atoms with Gasteiger partial charge in [-0.05, 0) is 24.6 Å². The summed E-state index contributed by atoms with van der Waals surface area (Å²) in [5.41, 5.74) is 6.51. The molecule has 0 aliphatic heterocycles.